The van der Waals surface area contributed by atoms with E-state index in [2.05, 4.69) is 4.57 Å². The second-order valence-corrected chi connectivity index (χ2v) is 9.44. The van der Waals surface area contributed by atoms with Crippen molar-refractivity contribution < 1.29 is 14.3 Å². The van der Waals surface area contributed by atoms with Crippen molar-refractivity contribution in [2.75, 3.05) is 33.3 Å². The smallest absolute Gasteiger partial charge is 0.264 e. The third-order valence-corrected chi connectivity index (χ3v) is 7.32. The Labute approximate surface area is 209 Å². The standard InChI is InChI=1S/C28H27N3O3S/c1-20-24(27(32)29-14-16-30(17-15-29)28(33)26-9-6-18-35-26)19-25(21-10-12-23(34-2)13-11-21)31(20)22-7-4-3-5-8-22/h3-13,18-19H,14-17H2,1-2H3. The van der Waals surface area contributed by atoms with Gasteiger partial charge in [-0.3, -0.25) is 9.59 Å². The van der Waals surface area contributed by atoms with E-state index in [1.807, 2.05) is 94.9 Å². The molecule has 1 fully saturated rings. The summed E-state index contributed by atoms with van der Waals surface area (Å²) in [5, 5.41) is 1.91. The van der Waals surface area contributed by atoms with E-state index >= 15 is 0 Å². The normalized spacial score (nSPS) is 13.7. The number of benzene rings is 2. The fraction of sp³-hybridized carbons (Fsp3) is 0.214. The van der Waals surface area contributed by atoms with Crippen LogP contribution in [0.1, 0.15) is 25.7 Å². The van der Waals surface area contributed by atoms with Crippen LogP contribution in [0.4, 0.5) is 0 Å². The molecule has 1 saturated heterocycles. The molecule has 178 valence electrons. The Balaban J connectivity index is 1.43. The monoisotopic (exact) mass is 485 g/mol. The SMILES string of the molecule is COc1ccc(-c2cc(C(=O)N3CCN(C(=O)c4cccs4)CC3)c(C)n2-c2ccccc2)cc1. The van der Waals surface area contributed by atoms with E-state index in [0.29, 0.717) is 31.7 Å². The lowest BCUT2D eigenvalue weighted by molar-refractivity contribution is 0.0537. The van der Waals surface area contributed by atoms with Gasteiger partial charge in [-0.1, -0.05) is 24.3 Å². The number of hydrogen-bond acceptors (Lipinski definition) is 4. The minimum atomic E-state index is -0.00448. The number of thiophene rings is 1. The van der Waals surface area contributed by atoms with Crippen LogP contribution in [0.15, 0.2) is 78.2 Å². The summed E-state index contributed by atoms with van der Waals surface area (Å²) in [6, 6.07) is 23.7. The van der Waals surface area contributed by atoms with Gasteiger partial charge >= 0.3 is 0 Å². The van der Waals surface area contributed by atoms with Crippen molar-refractivity contribution in [1.82, 2.24) is 14.4 Å². The predicted octanol–water partition coefficient (Wildman–Crippen LogP) is 5.12. The van der Waals surface area contributed by atoms with Crippen molar-refractivity contribution in [3.63, 3.8) is 0 Å². The van der Waals surface area contributed by atoms with E-state index in [4.69, 9.17) is 4.74 Å². The highest BCUT2D eigenvalue weighted by atomic mass is 32.1. The van der Waals surface area contributed by atoms with Crippen LogP contribution in [-0.4, -0.2) is 59.5 Å². The molecule has 0 unspecified atom stereocenters. The summed E-state index contributed by atoms with van der Waals surface area (Å²) in [6.07, 6.45) is 0. The Morgan fingerprint density at radius 3 is 2.09 bits per heavy atom. The zero-order chi connectivity index (χ0) is 24.4. The highest BCUT2D eigenvalue weighted by Gasteiger charge is 2.28. The fourth-order valence-electron chi connectivity index (χ4n) is 4.55. The van der Waals surface area contributed by atoms with Crippen LogP contribution in [0.5, 0.6) is 5.75 Å². The molecule has 1 aliphatic heterocycles. The maximum absolute atomic E-state index is 13.6. The molecule has 2 aromatic heterocycles. The summed E-state index contributed by atoms with van der Waals surface area (Å²) in [5.74, 6) is 0.824. The summed E-state index contributed by atoms with van der Waals surface area (Å²) in [5.41, 5.74) is 4.53. The largest absolute Gasteiger partial charge is 0.497 e. The molecular formula is C28H27N3O3S. The third kappa shape index (κ3) is 4.47. The molecule has 0 spiro atoms. The van der Waals surface area contributed by atoms with Crippen molar-refractivity contribution in [3.8, 4) is 22.7 Å². The van der Waals surface area contributed by atoms with Crippen molar-refractivity contribution in [2.45, 2.75) is 6.92 Å². The Morgan fingerprint density at radius 2 is 1.49 bits per heavy atom. The first-order chi connectivity index (χ1) is 17.1. The number of rotatable bonds is 5. The Morgan fingerprint density at radius 1 is 0.829 bits per heavy atom. The average molecular weight is 486 g/mol. The molecule has 4 aromatic rings. The minimum Gasteiger partial charge on any atom is -0.497 e. The van der Waals surface area contributed by atoms with E-state index in [1.54, 1.807) is 7.11 Å². The van der Waals surface area contributed by atoms with Gasteiger partial charge in [-0.2, -0.15) is 0 Å². The van der Waals surface area contributed by atoms with Gasteiger partial charge in [0.1, 0.15) is 5.75 Å². The number of hydrogen-bond donors (Lipinski definition) is 0. The van der Waals surface area contributed by atoms with Gasteiger partial charge < -0.3 is 19.1 Å². The first kappa shape index (κ1) is 22.9. The van der Waals surface area contributed by atoms with Crippen LogP contribution in [0.25, 0.3) is 16.9 Å². The Kier molecular flexibility index (Phi) is 6.42. The molecule has 5 rings (SSSR count). The second-order valence-electron chi connectivity index (χ2n) is 8.49. The lowest BCUT2D eigenvalue weighted by atomic mass is 10.1. The van der Waals surface area contributed by atoms with E-state index in [9.17, 15) is 9.59 Å². The number of ether oxygens (including phenoxy) is 1. The summed E-state index contributed by atoms with van der Waals surface area (Å²) in [6.45, 7) is 4.09. The topological polar surface area (TPSA) is 54.8 Å². The summed E-state index contributed by atoms with van der Waals surface area (Å²) in [7, 11) is 1.65. The Bertz CT molecular complexity index is 1320. The maximum atomic E-state index is 13.6. The van der Waals surface area contributed by atoms with Crippen LogP contribution in [-0.2, 0) is 0 Å². The maximum Gasteiger partial charge on any atom is 0.264 e. The molecule has 0 aliphatic carbocycles. The molecule has 0 radical (unpaired) electrons. The van der Waals surface area contributed by atoms with E-state index < -0.39 is 0 Å². The number of carbonyl (C=O) groups excluding carboxylic acids is 2. The van der Waals surface area contributed by atoms with E-state index in [0.717, 1.165) is 33.3 Å². The molecule has 0 bridgehead atoms. The molecule has 1 aliphatic rings. The van der Waals surface area contributed by atoms with Crippen molar-refractivity contribution in [1.29, 1.82) is 0 Å². The predicted molar refractivity (Wildman–Crippen MR) is 139 cm³/mol. The molecule has 0 atom stereocenters. The quantitative estimate of drug-likeness (QED) is 0.394. The molecule has 7 heteroatoms. The van der Waals surface area contributed by atoms with E-state index in [-0.39, 0.29) is 11.8 Å². The van der Waals surface area contributed by atoms with Gasteiger partial charge in [0.05, 0.1) is 23.2 Å². The number of carbonyl (C=O) groups is 2. The zero-order valence-corrected chi connectivity index (χ0v) is 20.6. The molecule has 6 nitrogen and oxygen atoms in total. The number of para-hydroxylation sites is 1. The van der Waals surface area contributed by atoms with Gasteiger partial charge in [0.2, 0.25) is 0 Å². The number of methoxy groups -OCH3 is 1. The van der Waals surface area contributed by atoms with Gasteiger partial charge in [-0.25, -0.2) is 0 Å². The summed E-state index contributed by atoms with van der Waals surface area (Å²) < 4.78 is 7.45. The van der Waals surface area contributed by atoms with Gasteiger partial charge in [0, 0.05) is 37.6 Å². The van der Waals surface area contributed by atoms with Gasteiger partial charge in [0.25, 0.3) is 11.8 Å². The third-order valence-electron chi connectivity index (χ3n) is 6.46. The minimum absolute atomic E-state index is 0.00448. The van der Waals surface area contributed by atoms with Gasteiger partial charge in [-0.05, 0) is 66.4 Å². The zero-order valence-electron chi connectivity index (χ0n) is 19.8. The van der Waals surface area contributed by atoms with Gasteiger partial charge in [-0.15, -0.1) is 11.3 Å². The highest BCUT2D eigenvalue weighted by molar-refractivity contribution is 7.12. The van der Waals surface area contributed by atoms with Crippen molar-refractivity contribution in [2.24, 2.45) is 0 Å². The number of aromatic nitrogens is 1. The van der Waals surface area contributed by atoms with Crippen LogP contribution >= 0.6 is 11.3 Å². The molecule has 2 aromatic carbocycles. The number of amides is 2. The molecule has 2 amide bonds. The summed E-state index contributed by atoms with van der Waals surface area (Å²) in [4.78, 5) is 30.8. The fourth-order valence-corrected chi connectivity index (χ4v) is 5.24. The number of piperazine rings is 1. The average Bonchev–Trinajstić information content (AvgIpc) is 3.57. The van der Waals surface area contributed by atoms with Crippen LogP contribution in [0.3, 0.4) is 0 Å². The lowest BCUT2D eigenvalue weighted by Gasteiger charge is -2.34. The van der Waals surface area contributed by atoms with Crippen LogP contribution in [0, 0.1) is 6.92 Å². The first-order valence-corrected chi connectivity index (χ1v) is 12.5. The van der Waals surface area contributed by atoms with Crippen molar-refractivity contribution in [3.05, 3.63) is 94.3 Å². The molecular weight excluding hydrogens is 458 g/mol. The lowest BCUT2D eigenvalue weighted by Crippen LogP contribution is -2.50. The second kappa shape index (κ2) is 9.80. The highest BCUT2D eigenvalue weighted by Crippen LogP contribution is 2.31. The molecule has 0 N–H and O–H groups in total. The number of nitrogens with zero attached hydrogens (tertiary/aromatic N) is 3. The van der Waals surface area contributed by atoms with Crippen LogP contribution in [0.2, 0.25) is 0 Å². The van der Waals surface area contributed by atoms with E-state index in [1.165, 1.54) is 11.3 Å². The molecule has 0 saturated carbocycles. The van der Waals surface area contributed by atoms with Gasteiger partial charge in [0.15, 0.2) is 0 Å². The first-order valence-electron chi connectivity index (χ1n) is 11.6. The molecule has 35 heavy (non-hydrogen) atoms. The Hall–Kier alpha value is -3.84. The summed E-state index contributed by atoms with van der Waals surface area (Å²) >= 11 is 1.45. The molecule has 3 heterocycles. The van der Waals surface area contributed by atoms with Crippen LogP contribution < -0.4 is 4.74 Å². The van der Waals surface area contributed by atoms with Crippen molar-refractivity contribution >= 4 is 23.2 Å².